The summed E-state index contributed by atoms with van der Waals surface area (Å²) in [6.07, 6.45) is 1.36. The lowest BCUT2D eigenvalue weighted by Gasteiger charge is -2.13. The van der Waals surface area contributed by atoms with Crippen molar-refractivity contribution in [2.24, 2.45) is 0 Å². The SMILES string of the molecule is Cc1ccc(-c2cc(C(=O)NCCCOC(C)C)c3c(C)nn(C4CCS(=O)(=O)C4)c3n2)cc1. The van der Waals surface area contributed by atoms with E-state index in [1.807, 2.05) is 52.0 Å². The summed E-state index contributed by atoms with van der Waals surface area (Å²) in [5.41, 5.74) is 4.37. The Labute approximate surface area is 200 Å². The van der Waals surface area contributed by atoms with Gasteiger partial charge in [0, 0.05) is 18.7 Å². The minimum absolute atomic E-state index is 0.0387. The van der Waals surface area contributed by atoms with Crippen molar-refractivity contribution in [1.82, 2.24) is 20.1 Å². The first-order valence-electron chi connectivity index (χ1n) is 11.7. The molecule has 3 aromatic rings. The molecular weight excluding hydrogens is 452 g/mol. The van der Waals surface area contributed by atoms with Crippen LogP contribution in [0, 0.1) is 13.8 Å². The van der Waals surface area contributed by atoms with E-state index in [0.29, 0.717) is 54.0 Å². The van der Waals surface area contributed by atoms with Gasteiger partial charge in [0.05, 0.1) is 46.0 Å². The van der Waals surface area contributed by atoms with E-state index in [9.17, 15) is 13.2 Å². The fraction of sp³-hybridized carbons (Fsp3) is 0.480. The second kappa shape index (κ2) is 9.84. The first kappa shape index (κ1) is 24.3. The Morgan fingerprint density at radius 1 is 1.24 bits per heavy atom. The summed E-state index contributed by atoms with van der Waals surface area (Å²) >= 11 is 0. The van der Waals surface area contributed by atoms with Crippen LogP contribution in [0.25, 0.3) is 22.3 Å². The van der Waals surface area contributed by atoms with Gasteiger partial charge in [-0.1, -0.05) is 29.8 Å². The zero-order valence-corrected chi connectivity index (χ0v) is 21.0. The highest BCUT2D eigenvalue weighted by Crippen LogP contribution is 2.32. The minimum Gasteiger partial charge on any atom is -0.379 e. The van der Waals surface area contributed by atoms with E-state index >= 15 is 0 Å². The predicted octanol–water partition coefficient (Wildman–Crippen LogP) is 3.62. The van der Waals surface area contributed by atoms with E-state index in [4.69, 9.17) is 9.72 Å². The molecule has 0 bridgehead atoms. The highest BCUT2D eigenvalue weighted by atomic mass is 32.2. The largest absolute Gasteiger partial charge is 0.379 e. The van der Waals surface area contributed by atoms with Gasteiger partial charge in [0.1, 0.15) is 0 Å². The van der Waals surface area contributed by atoms with E-state index in [1.54, 1.807) is 10.7 Å². The monoisotopic (exact) mass is 484 g/mol. The van der Waals surface area contributed by atoms with E-state index in [0.717, 1.165) is 11.1 Å². The van der Waals surface area contributed by atoms with Crippen LogP contribution in [-0.4, -0.2) is 59.9 Å². The Morgan fingerprint density at radius 2 is 1.97 bits per heavy atom. The fourth-order valence-electron chi connectivity index (χ4n) is 4.28. The molecule has 1 fully saturated rings. The molecule has 1 unspecified atom stereocenters. The third-order valence-electron chi connectivity index (χ3n) is 6.04. The van der Waals surface area contributed by atoms with Crippen LogP contribution in [0.3, 0.4) is 0 Å². The average molecular weight is 485 g/mol. The summed E-state index contributed by atoms with van der Waals surface area (Å²) in [5, 5.41) is 8.30. The Kier molecular flexibility index (Phi) is 7.04. The fourth-order valence-corrected chi connectivity index (χ4v) is 5.97. The van der Waals surface area contributed by atoms with Gasteiger partial charge in [0.2, 0.25) is 0 Å². The first-order chi connectivity index (χ1) is 16.1. The number of carbonyl (C=O) groups is 1. The second-order valence-corrected chi connectivity index (χ2v) is 11.5. The Morgan fingerprint density at radius 3 is 2.62 bits per heavy atom. The van der Waals surface area contributed by atoms with E-state index < -0.39 is 9.84 Å². The predicted molar refractivity (Wildman–Crippen MR) is 133 cm³/mol. The number of aryl methyl sites for hydroxylation is 2. The van der Waals surface area contributed by atoms with E-state index in [2.05, 4.69) is 10.4 Å². The van der Waals surface area contributed by atoms with Gasteiger partial charge in [0.15, 0.2) is 15.5 Å². The van der Waals surface area contributed by atoms with Crippen molar-refractivity contribution < 1.29 is 17.9 Å². The van der Waals surface area contributed by atoms with Gasteiger partial charge in [-0.05, 0) is 46.6 Å². The molecule has 1 aliphatic heterocycles. The lowest BCUT2D eigenvalue weighted by molar-refractivity contribution is 0.0757. The molecule has 1 aliphatic rings. The molecule has 4 rings (SSSR count). The molecule has 8 nitrogen and oxygen atoms in total. The smallest absolute Gasteiger partial charge is 0.252 e. The summed E-state index contributed by atoms with van der Waals surface area (Å²) in [7, 11) is -3.10. The molecule has 182 valence electrons. The Balaban J connectivity index is 1.74. The number of aromatic nitrogens is 3. The molecular formula is C25H32N4O4S. The van der Waals surface area contributed by atoms with Crippen LogP contribution in [0.15, 0.2) is 30.3 Å². The lowest BCUT2D eigenvalue weighted by Crippen LogP contribution is -2.26. The van der Waals surface area contributed by atoms with Crippen LogP contribution < -0.4 is 5.32 Å². The van der Waals surface area contributed by atoms with Crippen molar-refractivity contribution in [3.63, 3.8) is 0 Å². The molecule has 0 spiro atoms. The van der Waals surface area contributed by atoms with Gasteiger partial charge in [-0.25, -0.2) is 18.1 Å². The molecule has 1 N–H and O–H groups in total. The molecule has 1 aromatic carbocycles. The molecule has 0 radical (unpaired) electrons. The average Bonchev–Trinajstić information content (AvgIpc) is 3.32. The van der Waals surface area contributed by atoms with E-state index in [1.165, 1.54) is 0 Å². The van der Waals surface area contributed by atoms with Crippen LogP contribution in [-0.2, 0) is 14.6 Å². The maximum Gasteiger partial charge on any atom is 0.252 e. The van der Waals surface area contributed by atoms with Crippen LogP contribution in [0.4, 0.5) is 0 Å². The maximum atomic E-state index is 13.3. The number of hydrogen-bond donors (Lipinski definition) is 1. The van der Waals surface area contributed by atoms with Gasteiger partial charge >= 0.3 is 0 Å². The Bertz CT molecular complexity index is 1300. The molecule has 2 aromatic heterocycles. The first-order valence-corrected chi connectivity index (χ1v) is 13.5. The van der Waals surface area contributed by atoms with Gasteiger partial charge in [0.25, 0.3) is 5.91 Å². The number of benzene rings is 1. The van der Waals surface area contributed by atoms with Crippen molar-refractivity contribution in [2.75, 3.05) is 24.7 Å². The molecule has 1 atom stereocenters. The van der Waals surface area contributed by atoms with Crippen LogP contribution in [0.2, 0.25) is 0 Å². The van der Waals surface area contributed by atoms with Crippen molar-refractivity contribution in [2.45, 2.75) is 52.7 Å². The van der Waals surface area contributed by atoms with Crippen LogP contribution in [0.5, 0.6) is 0 Å². The van der Waals surface area contributed by atoms with Crippen LogP contribution in [0.1, 0.15) is 54.3 Å². The zero-order chi connectivity index (χ0) is 24.5. The number of nitrogens with zero attached hydrogens (tertiary/aromatic N) is 3. The standard InChI is InChI=1S/C25H32N4O4S/c1-16(2)33-12-5-11-26-25(30)21-14-22(19-8-6-17(3)7-9-19)27-24-23(21)18(4)28-29(24)20-10-13-34(31,32)15-20/h6-9,14,16,20H,5,10-13,15H2,1-4H3,(H,26,30). The number of sulfone groups is 1. The number of fused-ring (bicyclic) bond motifs is 1. The van der Waals surface area contributed by atoms with Gasteiger partial charge < -0.3 is 10.1 Å². The van der Waals surface area contributed by atoms with Gasteiger partial charge in [-0.3, -0.25) is 4.79 Å². The summed E-state index contributed by atoms with van der Waals surface area (Å²) in [4.78, 5) is 18.1. The van der Waals surface area contributed by atoms with Crippen molar-refractivity contribution in [3.8, 4) is 11.3 Å². The summed E-state index contributed by atoms with van der Waals surface area (Å²) < 4.78 is 31.5. The summed E-state index contributed by atoms with van der Waals surface area (Å²) in [6, 6.07) is 9.47. The normalized spacial score (nSPS) is 17.5. The van der Waals surface area contributed by atoms with Gasteiger partial charge in [-0.15, -0.1) is 0 Å². The Hall–Kier alpha value is -2.78. The summed E-state index contributed by atoms with van der Waals surface area (Å²) in [6.45, 7) is 8.88. The second-order valence-electron chi connectivity index (χ2n) is 9.24. The summed E-state index contributed by atoms with van der Waals surface area (Å²) in [5.74, 6) is -0.0227. The molecule has 0 saturated carbocycles. The highest BCUT2D eigenvalue weighted by Gasteiger charge is 2.32. The molecule has 0 aliphatic carbocycles. The zero-order valence-electron chi connectivity index (χ0n) is 20.2. The number of ether oxygens (including phenoxy) is 1. The molecule has 3 heterocycles. The quantitative estimate of drug-likeness (QED) is 0.490. The number of pyridine rings is 1. The van der Waals surface area contributed by atoms with E-state index in [-0.39, 0.29) is 29.6 Å². The number of carbonyl (C=O) groups excluding carboxylic acids is 1. The lowest BCUT2D eigenvalue weighted by atomic mass is 10.0. The molecule has 1 amide bonds. The topological polar surface area (TPSA) is 103 Å². The third-order valence-corrected chi connectivity index (χ3v) is 7.79. The number of amides is 1. The van der Waals surface area contributed by atoms with Crippen molar-refractivity contribution in [1.29, 1.82) is 0 Å². The number of hydrogen-bond acceptors (Lipinski definition) is 6. The maximum absolute atomic E-state index is 13.3. The third kappa shape index (κ3) is 5.31. The van der Waals surface area contributed by atoms with Gasteiger partial charge in [-0.2, -0.15) is 5.10 Å². The minimum atomic E-state index is -3.10. The molecule has 9 heteroatoms. The molecule has 1 saturated heterocycles. The van der Waals surface area contributed by atoms with Crippen LogP contribution >= 0.6 is 0 Å². The number of nitrogens with one attached hydrogen (secondary N) is 1. The van der Waals surface area contributed by atoms with Crippen molar-refractivity contribution in [3.05, 3.63) is 47.2 Å². The number of rotatable bonds is 8. The molecule has 34 heavy (non-hydrogen) atoms. The highest BCUT2D eigenvalue weighted by molar-refractivity contribution is 7.91. The van der Waals surface area contributed by atoms with Crippen molar-refractivity contribution >= 4 is 26.8 Å².